The number of benzene rings is 2. The maximum atomic E-state index is 12.9. The molecule has 0 bridgehead atoms. The topological polar surface area (TPSA) is 118 Å². The van der Waals surface area contributed by atoms with E-state index in [1.165, 1.54) is 11.8 Å². The van der Waals surface area contributed by atoms with Crippen LogP contribution in [0.15, 0.2) is 45.2 Å². The van der Waals surface area contributed by atoms with Crippen molar-refractivity contribution in [2.75, 3.05) is 13.1 Å². The predicted octanol–water partition coefficient (Wildman–Crippen LogP) is 3.86. The highest BCUT2D eigenvalue weighted by molar-refractivity contribution is 7.99. The summed E-state index contributed by atoms with van der Waals surface area (Å²) < 4.78 is 0. The lowest BCUT2D eigenvalue weighted by Crippen LogP contribution is -2.42. The van der Waals surface area contributed by atoms with E-state index in [-0.39, 0.29) is 42.5 Å². The van der Waals surface area contributed by atoms with E-state index in [0.29, 0.717) is 26.8 Å². The molecule has 1 saturated heterocycles. The summed E-state index contributed by atoms with van der Waals surface area (Å²) in [4.78, 5) is 38.9. The molecule has 4 aromatic rings. The summed E-state index contributed by atoms with van der Waals surface area (Å²) >= 11 is 7.40. The first-order valence-electron chi connectivity index (χ1n) is 9.66. The molecule has 0 radical (unpaired) electrons. The largest absolute Gasteiger partial charge is 0.349 e. The average Bonchev–Trinajstić information content (AvgIpc) is 3.30. The number of halogens is 3. The summed E-state index contributed by atoms with van der Waals surface area (Å²) in [5.74, 6) is -0.149. The Balaban J connectivity index is 0.00000144. The van der Waals surface area contributed by atoms with E-state index in [1.54, 1.807) is 24.3 Å². The van der Waals surface area contributed by atoms with Crippen LogP contribution in [0, 0.1) is 0 Å². The number of carbonyl (C=O) groups excluding carboxylic acids is 1. The number of nitrogens with zero attached hydrogens (tertiary/aromatic N) is 1. The Bertz CT molecular complexity index is 1310. The Hall–Kier alpha value is -2.17. The SMILES string of the molecule is Cl.Cl.O=C(NC1CCNCC1)c1cc(Sc2nc3cc(Cl)ccc3[nH]2)c2[nH]c(=O)[nH]c2c1. The lowest BCUT2D eigenvalue weighted by molar-refractivity contribution is 0.0929. The second-order valence-electron chi connectivity index (χ2n) is 7.28. The van der Waals surface area contributed by atoms with Gasteiger partial charge in [0.25, 0.3) is 5.91 Å². The van der Waals surface area contributed by atoms with E-state index in [0.717, 1.165) is 41.9 Å². The fourth-order valence-electron chi connectivity index (χ4n) is 3.66. The molecule has 8 nitrogen and oxygen atoms in total. The van der Waals surface area contributed by atoms with Crippen LogP contribution in [-0.4, -0.2) is 45.0 Å². The molecule has 5 N–H and O–H groups in total. The normalized spacial score (nSPS) is 14.2. The molecule has 1 aliphatic rings. The monoisotopic (exact) mass is 514 g/mol. The van der Waals surface area contributed by atoms with Gasteiger partial charge in [-0.1, -0.05) is 11.6 Å². The van der Waals surface area contributed by atoms with Gasteiger partial charge in [-0.05, 0) is 68.0 Å². The first kappa shape index (κ1) is 24.5. The van der Waals surface area contributed by atoms with Crippen LogP contribution in [0.2, 0.25) is 5.02 Å². The van der Waals surface area contributed by atoms with Crippen molar-refractivity contribution in [1.29, 1.82) is 0 Å². The van der Waals surface area contributed by atoms with Gasteiger partial charge < -0.3 is 25.6 Å². The molecule has 2 aromatic heterocycles. The Kier molecular flexibility index (Phi) is 7.79. The van der Waals surface area contributed by atoms with Crippen LogP contribution in [0.1, 0.15) is 23.2 Å². The predicted molar refractivity (Wildman–Crippen MR) is 132 cm³/mol. The zero-order chi connectivity index (χ0) is 20.7. The number of H-pyrrole nitrogens is 3. The van der Waals surface area contributed by atoms with Crippen LogP contribution in [0.25, 0.3) is 22.1 Å². The Morgan fingerprint density at radius 3 is 2.62 bits per heavy atom. The molecule has 32 heavy (non-hydrogen) atoms. The number of aromatic nitrogens is 4. The highest BCUT2D eigenvalue weighted by Gasteiger charge is 2.19. The third-order valence-electron chi connectivity index (χ3n) is 5.16. The minimum atomic E-state index is -0.320. The molecule has 0 aliphatic carbocycles. The highest BCUT2D eigenvalue weighted by Crippen LogP contribution is 2.33. The number of hydrogen-bond acceptors (Lipinski definition) is 5. The first-order valence-corrected chi connectivity index (χ1v) is 10.9. The summed E-state index contributed by atoms with van der Waals surface area (Å²) in [6.07, 6.45) is 1.80. The molecule has 2 aromatic carbocycles. The molecule has 12 heteroatoms. The summed E-state index contributed by atoms with van der Waals surface area (Å²) in [6, 6.07) is 9.08. The van der Waals surface area contributed by atoms with E-state index in [1.807, 2.05) is 6.07 Å². The molecule has 3 heterocycles. The van der Waals surface area contributed by atoms with Crippen LogP contribution in [0.4, 0.5) is 0 Å². The number of piperidine rings is 1. The molecule has 1 amide bonds. The van der Waals surface area contributed by atoms with Crippen molar-refractivity contribution >= 4 is 76.2 Å². The molecule has 0 atom stereocenters. The molecule has 0 spiro atoms. The fourth-order valence-corrected chi connectivity index (χ4v) is 4.79. The van der Waals surface area contributed by atoms with Gasteiger partial charge in [-0.25, -0.2) is 9.78 Å². The van der Waals surface area contributed by atoms with Gasteiger partial charge in [-0.2, -0.15) is 0 Å². The molecule has 5 rings (SSSR count). The van der Waals surface area contributed by atoms with Gasteiger partial charge in [0.05, 0.1) is 22.1 Å². The van der Waals surface area contributed by atoms with Crippen molar-refractivity contribution < 1.29 is 4.79 Å². The number of imidazole rings is 2. The van der Waals surface area contributed by atoms with Gasteiger partial charge in [0.15, 0.2) is 5.16 Å². The molecule has 170 valence electrons. The number of nitrogens with one attached hydrogen (secondary N) is 5. The van der Waals surface area contributed by atoms with Crippen molar-refractivity contribution in [3.8, 4) is 0 Å². The minimum Gasteiger partial charge on any atom is -0.349 e. The van der Waals surface area contributed by atoms with E-state index in [2.05, 4.69) is 30.6 Å². The van der Waals surface area contributed by atoms with Crippen LogP contribution >= 0.6 is 48.2 Å². The zero-order valence-electron chi connectivity index (χ0n) is 16.7. The van der Waals surface area contributed by atoms with Crippen molar-refractivity contribution in [2.45, 2.75) is 28.9 Å². The van der Waals surface area contributed by atoms with Crippen LogP contribution in [0.5, 0.6) is 0 Å². The summed E-state index contributed by atoms with van der Waals surface area (Å²) in [7, 11) is 0. The van der Waals surface area contributed by atoms with E-state index in [4.69, 9.17) is 11.6 Å². The van der Waals surface area contributed by atoms with E-state index in [9.17, 15) is 9.59 Å². The summed E-state index contributed by atoms with van der Waals surface area (Å²) in [5, 5.41) is 7.64. The van der Waals surface area contributed by atoms with E-state index >= 15 is 0 Å². The van der Waals surface area contributed by atoms with E-state index < -0.39 is 0 Å². The Morgan fingerprint density at radius 2 is 1.84 bits per heavy atom. The molecule has 0 saturated carbocycles. The summed E-state index contributed by atoms with van der Waals surface area (Å²) in [5.41, 5.74) is 3.02. The van der Waals surface area contributed by atoms with Gasteiger partial charge in [0.1, 0.15) is 0 Å². The third-order valence-corrected chi connectivity index (χ3v) is 6.32. The second kappa shape index (κ2) is 10.2. The first-order chi connectivity index (χ1) is 14.5. The van der Waals surface area contributed by atoms with Crippen molar-refractivity contribution in [3.05, 3.63) is 51.4 Å². The Labute approximate surface area is 204 Å². The lowest BCUT2D eigenvalue weighted by Gasteiger charge is -2.23. The van der Waals surface area contributed by atoms with Crippen molar-refractivity contribution in [3.63, 3.8) is 0 Å². The number of hydrogen-bond donors (Lipinski definition) is 5. The van der Waals surface area contributed by atoms with Gasteiger partial charge in [-0.3, -0.25) is 4.79 Å². The minimum absolute atomic E-state index is 0. The third kappa shape index (κ3) is 5.07. The maximum Gasteiger partial charge on any atom is 0.323 e. The van der Waals surface area contributed by atoms with Crippen LogP contribution in [0.3, 0.4) is 0 Å². The molecular formula is C20H21Cl3N6O2S. The maximum absolute atomic E-state index is 12.9. The van der Waals surface area contributed by atoms with Gasteiger partial charge in [0.2, 0.25) is 0 Å². The Morgan fingerprint density at radius 1 is 1.06 bits per heavy atom. The molecule has 1 fully saturated rings. The van der Waals surface area contributed by atoms with Crippen LogP contribution in [-0.2, 0) is 0 Å². The number of fused-ring (bicyclic) bond motifs is 2. The number of aromatic amines is 3. The van der Waals surface area contributed by atoms with Crippen molar-refractivity contribution in [2.24, 2.45) is 0 Å². The molecule has 1 aliphatic heterocycles. The number of rotatable bonds is 4. The number of amides is 1. The second-order valence-corrected chi connectivity index (χ2v) is 8.75. The van der Waals surface area contributed by atoms with Gasteiger partial charge in [0, 0.05) is 21.5 Å². The highest BCUT2D eigenvalue weighted by atomic mass is 35.5. The smallest absolute Gasteiger partial charge is 0.323 e. The number of carbonyl (C=O) groups is 1. The zero-order valence-corrected chi connectivity index (χ0v) is 19.9. The average molecular weight is 516 g/mol. The quantitative estimate of drug-likeness (QED) is 0.283. The van der Waals surface area contributed by atoms with Gasteiger partial charge in [-0.15, -0.1) is 24.8 Å². The standard InChI is InChI=1S/C20H19ClN6O2S.2ClH/c21-11-1-2-13-14(9-11)26-20(25-13)30-16-8-10(7-15-17(16)27-19(29)24-15)18(28)23-12-3-5-22-6-4-12;;/h1-2,7-9,12,22H,3-6H2,(H,23,28)(H,25,26)(H2,24,27,29);2*1H. The summed E-state index contributed by atoms with van der Waals surface area (Å²) in [6.45, 7) is 1.79. The lowest BCUT2D eigenvalue weighted by atomic mass is 10.1. The molecular weight excluding hydrogens is 495 g/mol. The van der Waals surface area contributed by atoms with Crippen LogP contribution < -0.4 is 16.3 Å². The van der Waals surface area contributed by atoms with Gasteiger partial charge >= 0.3 is 5.69 Å². The molecule has 0 unspecified atom stereocenters. The fraction of sp³-hybridized carbons (Fsp3) is 0.250. The van der Waals surface area contributed by atoms with Crippen molar-refractivity contribution in [1.82, 2.24) is 30.6 Å².